The number of alkyl halides is 1. The average molecular weight is 293 g/mol. The monoisotopic (exact) mass is 292 g/mol. The zero-order chi connectivity index (χ0) is 13.4. The van der Waals surface area contributed by atoms with Gasteiger partial charge in [-0.25, -0.2) is 0 Å². The number of fused-ring (bicyclic) bond motifs is 1. The predicted molar refractivity (Wildman–Crippen MR) is 79.5 cm³/mol. The Kier molecular flexibility index (Phi) is 3.42. The van der Waals surface area contributed by atoms with Crippen LogP contribution in [0.4, 0.5) is 0 Å². The number of benzene rings is 2. The van der Waals surface area contributed by atoms with E-state index in [1.165, 1.54) is 5.56 Å². The second-order valence-electron chi connectivity index (χ2n) is 4.84. The van der Waals surface area contributed by atoms with E-state index in [0.717, 1.165) is 40.5 Å². The number of halogens is 2. The van der Waals surface area contributed by atoms with Crippen molar-refractivity contribution in [1.29, 1.82) is 0 Å². The minimum atomic E-state index is -0.151. The van der Waals surface area contributed by atoms with Crippen LogP contribution in [0.3, 0.4) is 0 Å². The Morgan fingerprint density at radius 3 is 2.63 bits per heavy atom. The van der Waals surface area contributed by atoms with E-state index in [1.54, 1.807) is 0 Å². The van der Waals surface area contributed by atoms with Crippen molar-refractivity contribution >= 4 is 23.2 Å². The first-order valence-corrected chi connectivity index (χ1v) is 7.12. The maximum absolute atomic E-state index is 6.57. The van der Waals surface area contributed by atoms with Crippen molar-refractivity contribution < 1.29 is 4.74 Å². The largest absolute Gasteiger partial charge is 0.493 e. The highest BCUT2D eigenvalue weighted by atomic mass is 35.5. The fourth-order valence-corrected chi connectivity index (χ4v) is 2.77. The van der Waals surface area contributed by atoms with Gasteiger partial charge in [0.2, 0.25) is 0 Å². The summed E-state index contributed by atoms with van der Waals surface area (Å²) in [5.74, 6) is 0.986. The van der Waals surface area contributed by atoms with Crippen LogP contribution in [0, 0.1) is 6.92 Å². The lowest BCUT2D eigenvalue weighted by Gasteiger charge is -2.13. The van der Waals surface area contributed by atoms with E-state index in [2.05, 4.69) is 6.07 Å². The van der Waals surface area contributed by atoms with Gasteiger partial charge in [0.15, 0.2) is 0 Å². The van der Waals surface area contributed by atoms with Gasteiger partial charge in [-0.15, -0.1) is 11.6 Å². The summed E-state index contributed by atoms with van der Waals surface area (Å²) < 4.78 is 5.51. The number of ether oxygens (including phenoxy) is 1. The molecule has 0 aliphatic carbocycles. The molecule has 0 saturated heterocycles. The third-order valence-electron chi connectivity index (χ3n) is 3.48. The van der Waals surface area contributed by atoms with Crippen LogP contribution < -0.4 is 4.74 Å². The number of aryl methyl sites for hydroxylation is 1. The van der Waals surface area contributed by atoms with Gasteiger partial charge in [-0.3, -0.25) is 0 Å². The number of hydrogen-bond donors (Lipinski definition) is 0. The van der Waals surface area contributed by atoms with Crippen molar-refractivity contribution in [2.75, 3.05) is 6.61 Å². The molecule has 0 fully saturated rings. The summed E-state index contributed by atoms with van der Waals surface area (Å²) in [5, 5.41) is 0.622. The highest BCUT2D eigenvalue weighted by Gasteiger charge is 2.17. The minimum absolute atomic E-state index is 0.151. The SMILES string of the molecule is Cc1cc(C(Cl)c2ccc3c(c2)CCO3)ccc1Cl. The Bertz CT molecular complexity index is 622. The van der Waals surface area contributed by atoms with Crippen LogP contribution in [0.2, 0.25) is 5.02 Å². The molecule has 0 aromatic heterocycles. The highest BCUT2D eigenvalue weighted by Crippen LogP contribution is 2.34. The van der Waals surface area contributed by atoms with Gasteiger partial charge in [0.05, 0.1) is 12.0 Å². The Balaban J connectivity index is 1.94. The van der Waals surface area contributed by atoms with Gasteiger partial charge >= 0.3 is 0 Å². The van der Waals surface area contributed by atoms with E-state index in [9.17, 15) is 0 Å². The van der Waals surface area contributed by atoms with Crippen LogP contribution in [-0.2, 0) is 6.42 Å². The van der Waals surface area contributed by atoms with Gasteiger partial charge in [-0.05, 0) is 41.3 Å². The Morgan fingerprint density at radius 1 is 1.11 bits per heavy atom. The van der Waals surface area contributed by atoms with Crippen molar-refractivity contribution in [1.82, 2.24) is 0 Å². The van der Waals surface area contributed by atoms with E-state index < -0.39 is 0 Å². The number of hydrogen-bond acceptors (Lipinski definition) is 1. The molecule has 19 heavy (non-hydrogen) atoms. The Morgan fingerprint density at radius 2 is 1.84 bits per heavy atom. The molecule has 1 atom stereocenters. The molecule has 1 aliphatic rings. The van der Waals surface area contributed by atoms with E-state index >= 15 is 0 Å². The smallest absolute Gasteiger partial charge is 0.122 e. The van der Waals surface area contributed by atoms with Crippen molar-refractivity contribution in [2.45, 2.75) is 18.7 Å². The highest BCUT2D eigenvalue weighted by molar-refractivity contribution is 6.31. The first kappa shape index (κ1) is 12.8. The van der Waals surface area contributed by atoms with Crippen molar-refractivity contribution in [3.8, 4) is 5.75 Å². The molecule has 3 heteroatoms. The molecule has 1 heterocycles. The summed E-state index contributed by atoms with van der Waals surface area (Å²) in [7, 11) is 0. The minimum Gasteiger partial charge on any atom is -0.493 e. The van der Waals surface area contributed by atoms with E-state index in [0.29, 0.717) is 0 Å². The predicted octanol–water partition coefficient (Wildman–Crippen LogP) is 4.91. The standard InChI is InChI=1S/C16H14Cl2O/c1-10-8-12(2-4-14(10)17)16(18)13-3-5-15-11(9-13)6-7-19-15/h2-5,8-9,16H,6-7H2,1H3. The van der Waals surface area contributed by atoms with Crippen molar-refractivity contribution in [3.63, 3.8) is 0 Å². The second-order valence-corrected chi connectivity index (χ2v) is 5.68. The summed E-state index contributed by atoms with van der Waals surface area (Å²) in [6, 6.07) is 12.1. The van der Waals surface area contributed by atoms with Crippen molar-refractivity contribution in [3.05, 3.63) is 63.7 Å². The fourth-order valence-electron chi connectivity index (χ4n) is 2.38. The third kappa shape index (κ3) is 2.45. The molecule has 0 radical (unpaired) electrons. The summed E-state index contributed by atoms with van der Waals surface area (Å²) in [6.07, 6.45) is 0.965. The maximum Gasteiger partial charge on any atom is 0.122 e. The molecule has 2 aromatic rings. The molecule has 0 bridgehead atoms. The molecule has 3 rings (SSSR count). The zero-order valence-electron chi connectivity index (χ0n) is 10.6. The molecular formula is C16H14Cl2O. The topological polar surface area (TPSA) is 9.23 Å². The van der Waals surface area contributed by atoms with Gasteiger partial charge in [0, 0.05) is 11.4 Å². The second kappa shape index (κ2) is 5.07. The molecule has 1 unspecified atom stereocenters. The van der Waals surface area contributed by atoms with E-state index in [4.69, 9.17) is 27.9 Å². The van der Waals surface area contributed by atoms with Gasteiger partial charge in [-0.2, -0.15) is 0 Å². The molecule has 0 spiro atoms. The third-order valence-corrected chi connectivity index (χ3v) is 4.41. The quantitative estimate of drug-likeness (QED) is 0.715. The summed E-state index contributed by atoms with van der Waals surface area (Å²) in [5.41, 5.74) is 4.47. The lowest BCUT2D eigenvalue weighted by atomic mass is 10.00. The summed E-state index contributed by atoms with van der Waals surface area (Å²) in [6.45, 7) is 2.76. The van der Waals surface area contributed by atoms with Crippen LogP contribution in [0.25, 0.3) is 0 Å². The molecule has 0 amide bonds. The van der Waals surface area contributed by atoms with Crippen molar-refractivity contribution in [2.24, 2.45) is 0 Å². The summed E-state index contributed by atoms with van der Waals surface area (Å²) >= 11 is 12.6. The maximum atomic E-state index is 6.57. The lowest BCUT2D eigenvalue weighted by Crippen LogP contribution is -1.95. The molecule has 2 aromatic carbocycles. The Hall–Kier alpha value is -1.18. The van der Waals surface area contributed by atoms with Crippen LogP contribution in [0.5, 0.6) is 5.75 Å². The molecule has 1 nitrogen and oxygen atoms in total. The summed E-state index contributed by atoms with van der Waals surface area (Å²) in [4.78, 5) is 0. The fraction of sp³-hybridized carbons (Fsp3) is 0.250. The zero-order valence-corrected chi connectivity index (χ0v) is 12.1. The molecular weight excluding hydrogens is 279 g/mol. The average Bonchev–Trinajstić information content (AvgIpc) is 2.88. The van der Waals surface area contributed by atoms with Gasteiger partial charge in [0.1, 0.15) is 5.75 Å². The van der Waals surface area contributed by atoms with Gasteiger partial charge in [-0.1, -0.05) is 35.9 Å². The van der Waals surface area contributed by atoms with Crippen LogP contribution in [0.1, 0.15) is 27.6 Å². The van der Waals surface area contributed by atoms with E-state index in [-0.39, 0.29) is 5.38 Å². The molecule has 0 N–H and O–H groups in total. The number of rotatable bonds is 2. The first-order valence-electron chi connectivity index (χ1n) is 6.31. The van der Waals surface area contributed by atoms with Crippen LogP contribution >= 0.6 is 23.2 Å². The van der Waals surface area contributed by atoms with Crippen LogP contribution in [0.15, 0.2) is 36.4 Å². The van der Waals surface area contributed by atoms with E-state index in [1.807, 2.05) is 37.3 Å². The lowest BCUT2D eigenvalue weighted by molar-refractivity contribution is 0.357. The Labute approximate surface area is 123 Å². The first-order chi connectivity index (χ1) is 9.15. The van der Waals surface area contributed by atoms with Gasteiger partial charge in [0.25, 0.3) is 0 Å². The normalized spacial score (nSPS) is 14.9. The molecule has 1 aliphatic heterocycles. The van der Waals surface area contributed by atoms with Crippen LogP contribution in [-0.4, -0.2) is 6.61 Å². The molecule has 0 saturated carbocycles. The van der Waals surface area contributed by atoms with Gasteiger partial charge < -0.3 is 4.74 Å². The molecule has 98 valence electrons.